The first-order valence-corrected chi connectivity index (χ1v) is 7.46. The molecule has 118 valence electrons. The second kappa shape index (κ2) is 9.23. The number of nitrogens with one attached hydrogen (secondary N) is 1. The fourth-order valence-electron chi connectivity index (χ4n) is 1.83. The molecule has 5 heteroatoms. The Kier molecular flexibility index (Phi) is 7.61. The molecule has 0 heterocycles. The van der Waals surface area contributed by atoms with Crippen LogP contribution >= 0.6 is 0 Å². The lowest BCUT2D eigenvalue weighted by molar-refractivity contribution is 0.0527. The Balaban J connectivity index is 2.42. The minimum absolute atomic E-state index is 0.280. The van der Waals surface area contributed by atoms with Crippen LogP contribution in [0.25, 0.3) is 0 Å². The summed E-state index contributed by atoms with van der Waals surface area (Å²) in [5.74, 6) is -0.385. The maximum absolute atomic E-state index is 11.8. The molecule has 0 saturated heterocycles. The van der Waals surface area contributed by atoms with Crippen LogP contribution in [0.5, 0.6) is 0 Å². The van der Waals surface area contributed by atoms with Gasteiger partial charge < -0.3 is 20.5 Å². The zero-order valence-corrected chi connectivity index (χ0v) is 13.1. The Labute approximate surface area is 126 Å². The van der Waals surface area contributed by atoms with Crippen molar-refractivity contribution in [2.24, 2.45) is 0 Å². The molecule has 0 aromatic heterocycles. The summed E-state index contributed by atoms with van der Waals surface area (Å²) in [6, 6.07) is 5.32. The lowest BCUT2D eigenvalue weighted by Gasteiger charge is -2.11. The Bertz CT molecular complexity index is 447. The summed E-state index contributed by atoms with van der Waals surface area (Å²) >= 11 is 0. The number of carbonyl (C=O) groups is 1. The van der Waals surface area contributed by atoms with Crippen LogP contribution in [0.3, 0.4) is 0 Å². The fraction of sp³-hybridized carbons (Fsp3) is 0.562. The number of unbranched alkanes of at least 4 members (excludes halogenated alkanes) is 1. The molecular weight excluding hydrogens is 268 g/mol. The van der Waals surface area contributed by atoms with Crippen molar-refractivity contribution in [1.82, 2.24) is 0 Å². The highest BCUT2D eigenvalue weighted by Crippen LogP contribution is 2.19. The minimum atomic E-state index is -0.385. The molecule has 0 unspecified atom stereocenters. The van der Waals surface area contributed by atoms with Crippen molar-refractivity contribution in [3.63, 3.8) is 0 Å². The van der Waals surface area contributed by atoms with Gasteiger partial charge in [-0.15, -0.1) is 0 Å². The molecule has 0 fully saturated rings. The molecule has 5 nitrogen and oxygen atoms in total. The Hall–Kier alpha value is -1.75. The average molecular weight is 294 g/mol. The quantitative estimate of drug-likeness (QED) is 0.416. The van der Waals surface area contributed by atoms with Crippen molar-refractivity contribution in [1.29, 1.82) is 0 Å². The highest BCUT2D eigenvalue weighted by Gasteiger charge is 2.11. The van der Waals surface area contributed by atoms with Gasteiger partial charge in [-0.05, 0) is 51.8 Å². The van der Waals surface area contributed by atoms with E-state index in [9.17, 15) is 4.79 Å². The van der Waals surface area contributed by atoms with Crippen molar-refractivity contribution >= 4 is 17.3 Å². The van der Waals surface area contributed by atoms with Crippen molar-refractivity contribution in [3.8, 4) is 0 Å². The largest absolute Gasteiger partial charge is 0.462 e. The van der Waals surface area contributed by atoms with Gasteiger partial charge in [-0.2, -0.15) is 0 Å². The molecular formula is C16H26N2O3. The SMILES string of the molecule is CCOC(=O)c1cc(NCCCCOC(C)C)ccc1N. The monoisotopic (exact) mass is 294 g/mol. The van der Waals surface area contributed by atoms with Gasteiger partial charge in [-0.25, -0.2) is 4.79 Å². The maximum atomic E-state index is 11.8. The molecule has 0 amide bonds. The van der Waals surface area contributed by atoms with Gasteiger partial charge in [0.15, 0.2) is 0 Å². The molecule has 0 saturated carbocycles. The highest BCUT2D eigenvalue weighted by atomic mass is 16.5. The van der Waals surface area contributed by atoms with Crippen LogP contribution in [-0.4, -0.2) is 31.8 Å². The van der Waals surface area contributed by atoms with Gasteiger partial charge in [0.05, 0.1) is 18.3 Å². The van der Waals surface area contributed by atoms with Crippen LogP contribution in [0, 0.1) is 0 Å². The first kappa shape index (κ1) is 17.3. The molecule has 1 aromatic carbocycles. The van der Waals surface area contributed by atoms with E-state index in [4.69, 9.17) is 15.2 Å². The van der Waals surface area contributed by atoms with Gasteiger partial charge in [0.2, 0.25) is 0 Å². The van der Waals surface area contributed by atoms with Gasteiger partial charge in [0.1, 0.15) is 0 Å². The summed E-state index contributed by atoms with van der Waals surface area (Å²) in [5.41, 5.74) is 7.51. The number of rotatable bonds is 9. The average Bonchev–Trinajstić information content (AvgIpc) is 2.44. The molecule has 1 rings (SSSR count). The number of nitrogen functional groups attached to an aromatic ring is 1. The normalized spacial score (nSPS) is 10.7. The van der Waals surface area contributed by atoms with Crippen LogP contribution in [0.1, 0.15) is 44.0 Å². The maximum Gasteiger partial charge on any atom is 0.340 e. The molecule has 0 atom stereocenters. The minimum Gasteiger partial charge on any atom is -0.462 e. The Morgan fingerprint density at radius 3 is 2.76 bits per heavy atom. The number of carbonyl (C=O) groups excluding carboxylic acids is 1. The van der Waals surface area contributed by atoms with Crippen LogP contribution in [0.4, 0.5) is 11.4 Å². The van der Waals surface area contributed by atoms with Crippen molar-refractivity contribution in [3.05, 3.63) is 23.8 Å². The molecule has 0 radical (unpaired) electrons. The van der Waals surface area contributed by atoms with Gasteiger partial charge in [-0.1, -0.05) is 0 Å². The number of anilines is 2. The lowest BCUT2D eigenvalue weighted by atomic mass is 10.1. The number of hydrogen-bond acceptors (Lipinski definition) is 5. The molecule has 1 aromatic rings. The van der Waals surface area contributed by atoms with E-state index in [1.807, 2.05) is 19.9 Å². The highest BCUT2D eigenvalue weighted by molar-refractivity contribution is 5.96. The molecule has 3 N–H and O–H groups in total. The summed E-state index contributed by atoms with van der Waals surface area (Å²) in [5, 5.41) is 3.28. The van der Waals surface area contributed by atoms with E-state index in [0.29, 0.717) is 17.9 Å². The third-order valence-corrected chi connectivity index (χ3v) is 2.90. The Morgan fingerprint density at radius 1 is 1.33 bits per heavy atom. The number of benzene rings is 1. The Morgan fingerprint density at radius 2 is 2.10 bits per heavy atom. The number of nitrogens with two attached hydrogens (primary N) is 1. The third-order valence-electron chi connectivity index (χ3n) is 2.90. The summed E-state index contributed by atoms with van der Waals surface area (Å²) < 4.78 is 10.5. The summed E-state index contributed by atoms with van der Waals surface area (Å²) in [4.78, 5) is 11.8. The van der Waals surface area contributed by atoms with Gasteiger partial charge in [0, 0.05) is 24.5 Å². The zero-order chi connectivity index (χ0) is 15.7. The van der Waals surface area contributed by atoms with E-state index < -0.39 is 0 Å². The first-order valence-electron chi connectivity index (χ1n) is 7.46. The molecule has 21 heavy (non-hydrogen) atoms. The van der Waals surface area contributed by atoms with E-state index >= 15 is 0 Å². The molecule has 0 aliphatic carbocycles. The summed E-state index contributed by atoms with van der Waals surface area (Å²) in [7, 11) is 0. The van der Waals surface area contributed by atoms with E-state index in [2.05, 4.69) is 5.32 Å². The zero-order valence-electron chi connectivity index (χ0n) is 13.1. The summed E-state index contributed by atoms with van der Waals surface area (Å²) in [6.45, 7) is 7.77. The predicted octanol–water partition coefficient (Wildman–Crippen LogP) is 3.06. The van der Waals surface area contributed by atoms with E-state index in [0.717, 1.165) is 31.7 Å². The molecule has 0 spiro atoms. The van der Waals surface area contributed by atoms with Crippen LogP contribution in [0.15, 0.2) is 18.2 Å². The second-order valence-electron chi connectivity index (χ2n) is 5.08. The number of esters is 1. The third kappa shape index (κ3) is 6.49. The van der Waals surface area contributed by atoms with Crippen LogP contribution < -0.4 is 11.1 Å². The van der Waals surface area contributed by atoms with Crippen molar-refractivity contribution < 1.29 is 14.3 Å². The number of ether oxygens (including phenoxy) is 2. The van der Waals surface area contributed by atoms with Gasteiger partial charge in [-0.3, -0.25) is 0 Å². The van der Waals surface area contributed by atoms with E-state index in [1.54, 1.807) is 19.1 Å². The van der Waals surface area contributed by atoms with E-state index in [-0.39, 0.29) is 12.1 Å². The van der Waals surface area contributed by atoms with Gasteiger partial charge in [0.25, 0.3) is 0 Å². The van der Waals surface area contributed by atoms with Crippen LogP contribution in [0.2, 0.25) is 0 Å². The number of hydrogen-bond donors (Lipinski definition) is 2. The summed E-state index contributed by atoms with van der Waals surface area (Å²) in [6.07, 6.45) is 2.29. The predicted molar refractivity (Wildman–Crippen MR) is 85.6 cm³/mol. The lowest BCUT2D eigenvalue weighted by Crippen LogP contribution is -2.10. The fourth-order valence-corrected chi connectivity index (χ4v) is 1.83. The topological polar surface area (TPSA) is 73.6 Å². The smallest absolute Gasteiger partial charge is 0.340 e. The molecule has 0 aliphatic heterocycles. The van der Waals surface area contributed by atoms with E-state index in [1.165, 1.54) is 0 Å². The van der Waals surface area contributed by atoms with Crippen molar-refractivity contribution in [2.45, 2.75) is 39.7 Å². The standard InChI is InChI=1S/C16H26N2O3/c1-4-20-16(19)14-11-13(7-8-15(14)17)18-9-5-6-10-21-12(2)3/h7-8,11-12,18H,4-6,9-10,17H2,1-3H3. The van der Waals surface area contributed by atoms with Crippen molar-refractivity contribution in [2.75, 3.05) is 30.8 Å². The molecule has 0 bridgehead atoms. The molecule has 0 aliphatic rings. The van der Waals surface area contributed by atoms with Crippen LogP contribution in [-0.2, 0) is 9.47 Å². The first-order chi connectivity index (χ1) is 10.0. The second-order valence-corrected chi connectivity index (χ2v) is 5.08. The van der Waals surface area contributed by atoms with Gasteiger partial charge >= 0.3 is 5.97 Å².